The number of carbonyl (C=O) groups excluding carboxylic acids is 1. The van der Waals surface area contributed by atoms with Crippen molar-refractivity contribution in [1.82, 2.24) is 0 Å². The van der Waals surface area contributed by atoms with Crippen LogP contribution in [-0.4, -0.2) is 13.1 Å². The number of hydrogen-bond acceptors (Lipinski definition) is 2. The second-order valence-electron chi connectivity index (χ2n) is 5.73. The summed E-state index contributed by atoms with van der Waals surface area (Å²) in [4.78, 5) is 12.2. The van der Waals surface area contributed by atoms with Gasteiger partial charge in [0.25, 0.3) is 0 Å². The molecular weight excluding hydrogens is 236 g/mol. The number of rotatable bonds is 5. The Balaban J connectivity index is 2.13. The minimum atomic E-state index is -0.231. The number of ether oxygens (including phenoxy) is 1. The van der Waals surface area contributed by atoms with Gasteiger partial charge >= 0.3 is 5.97 Å². The fourth-order valence-electron chi connectivity index (χ4n) is 3.38. The second kappa shape index (κ2) is 6.23. The maximum atomic E-state index is 12.2. The number of methoxy groups -OCH3 is 1. The van der Waals surface area contributed by atoms with E-state index in [0.717, 1.165) is 38.5 Å². The molecule has 0 aromatic heterocycles. The highest BCUT2D eigenvalue weighted by molar-refractivity contribution is 5.77. The Morgan fingerprint density at radius 1 is 1.37 bits per heavy atom. The Morgan fingerprint density at radius 2 is 2.11 bits per heavy atom. The highest BCUT2D eigenvalue weighted by Gasteiger charge is 2.45. The van der Waals surface area contributed by atoms with E-state index in [1.807, 2.05) is 6.07 Å². The molecule has 0 bridgehead atoms. The molecule has 1 aromatic rings. The Morgan fingerprint density at radius 3 is 2.74 bits per heavy atom. The van der Waals surface area contributed by atoms with Crippen molar-refractivity contribution < 1.29 is 9.53 Å². The van der Waals surface area contributed by atoms with Crippen LogP contribution in [0.3, 0.4) is 0 Å². The maximum absolute atomic E-state index is 12.2. The first-order valence-corrected chi connectivity index (χ1v) is 7.35. The van der Waals surface area contributed by atoms with E-state index in [0.29, 0.717) is 5.92 Å². The highest BCUT2D eigenvalue weighted by Crippen LogP contribution is 2.50. The van der Waals surface area contributed by atoms with Gasteiger partial charge in [0.15, 0.2) is 0 Å². The molecule has 0 saturated heterocycles. The molecule has 0 aliphatic heterocycles. The van der Waals surface area contributed by atoms with Gasteiger partial charge < -0.3 is 4.74 Å². The minimum Gasteiger partial charge on any atom is -0.469 e. The van der Waals surface area contributed by atoms with Gasteiger partial charge in [0.1, 0.15) is 0 Å². The van der Waals surface area contributed by atoms with Crippen molar-refractivity contribution in [2.45, 2.75) is 51.4 Å². The SMILES string of the molecule is CCCCC1(C(=O)OC)CCC(c2ccccc2)C1. The summed E-state index contributed by atoms with van der Waals surface area (Å²) in [6.45, 7) is 2.18. The topological polar surface area (TPSA) is 26.3 Å². The number of benzene rings is 1. The molecule has 1 aliphatic carbocycles. The molecule has 104 valence electrons. The zero-order valence-electron chi connectivity index (χ0n) is 12.0. The quantitative estimate of drug-likeness (QED) is 0.738. The normalized spacial score (nSPS) is 26.3. The first-order valence-electron chi connectivity index (χ1n) is 7.35. The molecule has 1 aromatic carbocycles. The Kier molecular flexibility index (Phi) is 4.62. The average Bonchev–Trinajstić information content (AvgIpc) is 2.91. The van der Waals surface area contributed by atoms with Gasteiger partial charge in [0.05, 0.1) is 12.5 Å². The fraction of sp³-hybridized carbons (Fsp3) is 0.588. The van der Waals surface area contributed by atoms with Crippen molar-refractivity contribution >= 4 is 5.97 Å². The van der Waals surface area contributed by atoms with E-state index in [1.165, 1.54) is 12.7 Å². The van der Waals surface area contributed by atoms with Crippen molar-refractivity contribution in [2.75, 3.05) is 7.11 Å². The van der Waals surface area contributed by atoms with Crippen molar-refractivity contribution in [2.24, 2.45) is 5.41 Å². The summed E-state index contributed by atoms with van der Waals surface area (Å²) < 4.78 is 5.08. The Bertz CT molecular complexity index is 413. The summed E-state index contributed by atoms with van der Waals surface area (Å²) in [5.41, 5.74) is 1.13. The number of esters is 1. The standard InChI is InChI=1S/C17H24O2/c1-3-4-11-17(16(18)19-2)12-10-15(13-17)14-8-6-5-7-9-14/h5-9,15H,3-4,10-13H2,1-2H3. The molecule has 2 nitrogen and oxygen atoms in total. The van der Waals surface area contributed by atoms with Gasteiger partial charge in [-0.25, -0.2) is 0 Å². The first kappa shape index (κ1) is 14.1. The molecule has 2 atom stereocenters. The number of unbranched alkanes of at least 4 members (excludes halogenated alkanes) is 1. The number of hydrogen-bond donors (Lipinski definition) is 0. The van der Waals surface area contributed by atoms with E-state index in [4.69, 9.17) is 4.74 Å². The van der Waals surface area contributed by atoms with Crippen molar-refractivity contribution in [3.63, 3.8) is 0 Å². The lowest BCUT2D eigenvalue weighted by Crippen LogP contribution is -2.29. The van der Waals surface area contributed by atoms with E-state index in [9.17, 15) is 4.79 Å². The molecule has 2 unspecified atom stereocenters. The summed E-state index contributed by atoms with van der Waals surface area (Å²) in [5.74, 6) is 0.511. The zero-order valence-corrected chi connectivity index (χ0v) is 12.0. The lowest BCUT2D eigenvalue weighted by Gasteiger charge is -2.26. The van der Waals surface area contributed by atoms with Crippen LogP contribution in [0.5, 0.6) is 0 Å². The Hall–Kier alpha value is -1.31. The van der Waals surface area contributed by atoms with Crippen LogP contribution in [0.1, 0.15) is 56.9 Å². The molecule has 0 radical (unpaired) electrons. The summed E-state index contributed by atoms with van der Waals surface area (Å²) in [6.07, 6.45) is 6.23. The van der Waals surface area contributed by atoms with Gasteiger partial charge in [-0.3, -0.25) is 4.79 Å². The Labute approximate surface area is 116 Å². The summed E-state index contributed by atoms with van der Waals surface area (Å²) in [7, 11) is 1.52. The maximum Gasteiger partial charge on any atom is 0.311 e. The molecular formula is C17H24O2. The van der Waals surface area contributed by atoms with Gasteiger partial charge in [-0.2, -0.15) is 0 Å². The largest absolute Gasteiger partial charge is 0.469 e. The molecule has 0 amide bonds. The van der Waals surface area contributed by atoms with Gasteiger partial charge in [-0.15, -0.1) is 0 Å². The smallest absolute Gasteiger partial charge is 0.311 e. The number of carbonyl (C=O) groups is 1. The third kappa shape index (κ3) is 2.99. The monoisotopic (exact) mass is 260 g/mol. The fourth-order valence-corrected chi connectivity index (χ4v) is 3.38. The third-order valence-electron chi connectivity index (χ3n) is 4.51. The average molecular weight is 260 g/mol. The van der Waals surface area contributed by atoms with E-state index in [-0.39, 0.29) is 11.4 Å². The van der Waals surface area contributed by atoms with Crippen LogP contribution in [0.4, 0.5) is 0 Å². The lowest BCUT2D eigenvalue weighted by molar-refractivity contribution is -0.153. The van der Waals surface area contributed by atoms with Crippen molar-refractivity contribution in [1.29, 1.82) is 0 Å². The first-order chi connectivity index (χ1) is 9.22. The van der Waals surface area contributed by atoms with Crippen LogP contribution in [0.2, 0.25) is 0 Å². The molecule has 2 heteroatoms. The van der Waals surface area contributed by atoms with Crippen LogP contribution in [0, 0.1) is 5.41 Å². The molecule has 0 spiro atoms. The minimum absolute atomic E-state index is 0.000573. The molecule has 2 rings (SSSR count). The predicted molar refractivity (Wildman–Crippen MR) is 77.0 cm³/mol. The van der Waals surface area contributed by atoms with Crippen LogP contribution in [0.25, 0.3) is 0 Å². The van der Waals surface area contributed by atoms with Gasteiger partial charge in [0, 0.05) is 0 Å². The van der Waals surface area contributed by atoms with Crippen LogP contribution in [-0.2, 0) is 9.53 Å². The molecule has 1 aliphatic rings. The van der Waals surface area contributed by atoms with Crippen LogP contribution < -0.4 is 0 Å². The van der Waals surface area contributed by atoms with E-state index in [2.05, 4.69) is 31.2 Å². The van der Waals surface area contributed by atoms with Gasteiger partial charge in [-0.1, -0.05) is 50.1 Å². The van der Waals surface area contributed by atoms with E-state index < -0.39 is 0 Å². The third-order valence-corrected chi connectivity index (χ3v) is 4.51. The molecule has 0 heterocycles. The summed E-state index contributed by atoms with van der Waals surface area (Å²) >= 11 is 0. The molecule has 0 N–H and O–H groups in total. The van der Waals surface area contributed by atoms with Crippen LogP contribution in [0.15, 0.2) is 30.3 Å². The summed E-state index contributed by atoms with van der Waals surface area (Å²) in [5, 5.41) is 0. The van der Waals surface area contributed by atoms with Crippen molar-refractivity contribution in [3.05, 3.63) is 35.9 Å². The lowest BCUT2D eigenvalue weighted by atomic mass is 9.79. The van der Waals surface area contributed by atoms with Gasteiger partial charge in [0.2, 0.25) is 0 Å². The zero-order chi connectivity index (χ0) is 13.7. The van der Waals surface area contributed by atoms with Gasteiger partial charge in [-0.05, 0) is 37.2 Å². The molecule has 1 saturated carbocycles. The van der Waals surface area contributed by atoms with Crippen LogP contribution >= 0.6 is 0 Å². The molecule has 19 heavy (non-hydrogen) atoms. The molecule has 1 fully saturated rings. The predicted octanol–water partition coefficient (Wildman–Crippen LogP) is 4.30. The highest BCUT2D eigenvalue weighted by atomic mass is 16.5. The van der Waals surface area contributed by atoms with E-state index in [1.54, 1.807) is 0 Å². The second-order valence-corrected chi connectivity index (χ2v) is 5.73. The summed E-state index contributed by atoms with van der Waals surface area (Å²) in [6, 6.07) is 10.6. The van der Waals surface area contributed by atoms with E-state index >= 15 is 0 Å². The van der Waals surface area contributed by atoms with Crippen molar-refractivity contribution in [3.8, 4) is 0 Å².